The van der Waals surface area contributed by atoms with E-state index in [-0.39, 0.29) is 5.91 Å². The first kappa shape index (κ1) is 15.6. The lowest BCUT2D eigenvalue weighted by Gasteiger charge is -2.34. The highest BCUT2D eigenvalue weighted by atomic mass is 32.1. The molecule has 0 atom stereocenters. The summed E-state index contributed by atoms with van der Waals surface area (Å²) in [6.45, 7) is 5.36. The number of nitrogens with zero attached hydrogens (tertiary/aromatic N) is 6. The number of aromatic nitrogens is 4. The largest absolute Gasteiger partial charge is 0.360 e. The molecule has 0 saturated carbocycles. The summed E-state index contributed by atoms with van der Waals surface area (Å²) in [5.74, 6) is 1.64. The summed E-state index contributed by atoms with van der Waals surface area (Å²) < 4.78 is 4.10. The predicted octanol–water partition coefficient (Wildman–Crippen LogP) is 0.787. The molecule has 9 heteroatoms. The fraction of sp³-hybridized carbons (Fsp3) is 0.500. The molecule has 1 aliphatic heterocycles. The lowest BCUT2D eigenvalue weighted by Crippen LogP contribution is -2.49. The van der Waals surface area contributed by atoms with Gasteiger partial charge in [0.05, 0.1) is 0 Å². The van der Waals surface area contributed by atoms with Crippen LogP contribution in [0.5, 0.6) is 0 Å². The number of amides is 1. The summed E-state index contributed by atoms with van der Waals surface area (Å²) >= 11 is 1.32. The van der Waals surface area contributed by atoms with E-state index in [0.717, 1.165) is 30.0 Å². The molecule has 0 spiro atoms. The molecule has 1 amide bonds. The molecule has 1 saturated heterocycles. The fourth-order valence-corrected chi connectivity index (χ4v) is 3.01. The third-order valence-corrected chi connectivity index (χ3v) is 4.37. The van der Waals surface area contributed by atoms with Crippen LogP contribution in [-0.2, 0) is 4.79 Å². The summed E-state index contributed by atoms with van der Waals surface area (Å²) in [6, 6.07) is 1.80. The normalized spacial score (nSPS) is 14.8. The number of hydrogen-bond acceptors (Lipinski definition) is 8. The van der Waals surface area contributed by atoms with E-state index in [1.807, 2.05) is 11.8 Å². The Bertz CT molecular complexity index is 640. The monoisotopic (exact) mass is 333 g/mol. The van der Waals surface area contributed by atoms with Gasteiger partial charge in [-0.2, -0.15) is 4.37 Å². The Morgan fingerprint density at radius 2 is 2.00 bits per heavy atom. The molecule has 23 heavy (non-hydrogen) atoms. The first-order valence-corrected chi connectivity index (χ1v) is 8.33. The van der Waals surface area contributed by atoms with Gasteiger partial charge in [0.25, 0.3) is 0 Å². The molecule has 1 fully saturated rings. The zero-order valence-corrected chi connectivity index (χ0v) is 13.8. The summed E-state index contributed by atoms with van der Waals surface area (Å²) in [4.78, 5) is 28.9. The molecule has 3 heterocycles. The van der Waals surface area contributed by atoms with Gasteiger partial charge in [0.15, 0.2) is 0 Å². The molecule has 0 radical (unpaired) electrons. The van der Waals surface area contributed by atoms with Gasteiger partial charge in [-0.1, -0.05) is 0 Å². The first-order chi connectivity index (χ1) is 11.2. The number of anilines is 2. The molecule has 0 unspecified atom stereocenters. The Balaban J connectivity index is 1.41. The van der Waals surface area contributed by atoms with E-state index in [0.29, 0.717) is 26.1 Å². The molecule has 0 bridgehead atoms. The predicted molar refractivity (Wildman–Crippen MR) is 88.6 cm³/mol. The molecule has 122 valence electrons. The van der Waals surface area contributed by atoms with Crippen LogP contribution in [0.2, 0.25) is 0 Å². The van der Waals surface area contributed by atoms with E-state index in [4.69, 9.17) is 0 Å². The maximum absolute atomic E-state index is 12.2. The van der Waals surface area contributed by atoms with Crippen LogP contribution in [0.1, 0.15) is 12.2 Å². The summed E-state index contributed by atoms with van der Waals surface area (Å²) in [6.07, 6.45) is 3.93. The van der Waals surface area contributed by atoms with Crippen molar-refractivity contribution in [2.45, 2.75) is 13.3 Å². The van der Waals surface area contributed by atoms with Crippen molar-refractivity contribution >= 4 is 28.5 Å². The van der Waals surface area contributed by atoms with Crippen molar-refractivity contribution in [2.75, 3.05) is 42.9 Å². The average Bonchev–Trinajstić information content (AvgIpc) is 3.01. The summed E-state index contributed by atoms with van der Waals surface area (Å²) in [5, 5.41) is 3.90. The van der Waals surface area contributed by atoms with Crippen LogP contribution >= 0.6 is 11.5 Å². The maximum Gasteiger partial charge on any atom is 0.225 e. The zero-order chi connectivity index (χ0) is 16.1. The van der Waals surface area contributed by atoms with Gasteiger partial charge in [-0.25, -0.2) is 15.0 Å². The second kappa shape index (κ2) is 7.32. The minimum absolute atomic E-state index is 0.160. The van der Waals surface area contributed by atoms with Crippen molar-refractivity contribution < 1.29 is 4.79 Å². The van der Waals surface area contributed by atoms with Gasteiger partial charge in [0.1, 0.15) is 5.82 Å². The Morgan fingerprint density at radius 3 is 2.65 bits per heavy atom. The van der Waals surface area contributed by atoms with E-state index >= 15 is 0 Å². The molecule has 0 aliphatic carbocycles. The first-order valence-electron chi connectivity index (χ1n) is 7.56. The zero-order valence-electron chi connectivity index (χ0n) is 13.0. The van der Waals surface area contributed by atoms with Gasteiger partial charge in [0.2, 0.25) is 17.0 Å². The fourth-order valence-electron chi connectivity index (χ4n) is 2.41. The van der Waals surface area contributed by atoms with Crippen molar-refractivity contribution in [2.24, 2.45) is 0 Å². The third kappa shape index (κ3) is 4.13. The minimum atomic E-state index is 0.160. The van der Waals surface area contributed by atoms with Gasteiger partial charge in [-0.15, -0.1) is 0 Å². The summed E-state index contributed by atoms with van der Waals surface area (Å²) in [7, 11) is 0. The number of carbonyl (C=O) groups excluding carboxylic acids is 1. The van der Waals surface area contributed by atoms with Gasteiger partial charge < -0.3 is 15.1 Å². The number of aryl methyl sites for hydroxylation is 1. The molecular weight excluding hydrogens is 314 g/mol. The van der Waals surface area contributed by atoms with Crippen molar-refractivity contribution in [3.8, 4) is 0 Å². The number of hydrogen-bond donors (Lipinski definition) is 1. The maximum atomic E-state index is 12.2. The van der Waals surface area contributed by atoms with Crippen molar-refractivity contribution in [1.82, 2.24) is 24.2 Å². The average molecular weight is 333 g/mol. The van der Waals surface area contributed by atoms with E-state index in [1.165, 1.54) is 11.5 Å². The highest BCUT2D eigenvalue weighted by Crippen LogP contribution is 2.12. The van der Waals surface area contributed by atoms with Crippen LogP contribution in [0.25, 0.3) is 0 Å². The van der Waals surface area contributed by atoms with Crippen LogP contribution in [0, 0.1) is 6.92 Å². The third-order valence-electron chi connectivity index (χ3n) is 3.61. The van der Waals surface area contributed by atoms with Crippen molar-refractivity contribution in [1.29, 1.82) is 0 Å². The Labute approximate surface area is 138 Å². The number of carbonyl (C=O) groups is 1. The van der Waals surface area contributed by atoms with Crippen molar-refractivity contribution in [3.63, 3.8) is 0 Å². The number of nitrogens with one attached hydrogen (secondary N) is 1. The topological polar surface area (TPSA) is 87.1 Å². The van der Waals surface area contributed by atoms with E-state index in [2.05, 4.69) is 29.5 Å². The second-order valence-electron chi connectivity index (χ2n) is 5.24. The smallest absolute Gasteiger partial charge is 0.225 e. The standard InChI is InChI=1S/C14H19N7OS/c1-11-18-14(23-19-11)17-6-3-12(22)20-7-9-21(10-8-20)13-15-4-2-5-16-13/h2,4-5H,3,6-10H2,1H3,(H,17,18,19). The molecule has 1 N–H and O–H groups in total. The van der Waals surface area contributed by atoms with E-state index in [1.54, 1.807) is 18.5 Å². The Hall–Kier alpha value is -2.29. The van der Waals surface area contributed by atoms with Gasteiger partial charge in [-0.05, 0) is 13.0 Å². The molecule has 2 aromatic rings. The Kier molecular flexibility index (Phi) is 4.96. The van der Waals surface area contributed by atoms with Gasteiger partial charge in [-0.3, -0.25) is 4.79 Å². The Morgan fingerprint density at radius 1 is 1.26 bits per heavy atom. The van der Waals surface area contributed by atoms with Crippen LogP contribution in [0.3, 0.4) is 0 Å². The molecule has 8 nitrogen and oxygen atoms in total. The molecule has 0 aromatic carbocycles. The SMILES string of the molecule is Cc1nsc(NCCC(=O)N2CCN(c3ncccn3)CC2)n1. The number of piperazine rings is 1. The highest BCUT2D eigenvalue weighted by Gasteiger charge is 2.22. The van der Waals surface area contributed by atoms with E-state index in [9.17, 15) is 4.79 Å². The van der Waals surface area contributed by atoms with Crippen LogP contribution in [0.4, 0.5) is 11.1 Å². The molecule has 3 rings (SSSR count). The summed E-state index contributed by atoms with van der Waals surface area (Å²) in [5.41, 5.74) is 0. The molecule has 1 aliphatic rings. The number of rotatable bonds is 5. The highest BCUT2D eigenvalue weighted by molar-refractivity contribution is 7.09. The van der Waals surface area contributed by atoms with Crippen LogP contribution in [0.15, 0.2) is 18.5 Å². The van der Waals surface area contributed by atoms with Gasteiger partial charge in [0, 0.05) is 63.1 Å². The second-order valence-corrected chi connectivity index (χ2v) is 5.99. The molecular formula is C14H19N7OS. The van der Waals surface area contributed by atoms with Crippen molar-refractivity contribution in [3.05, 3.63) is 24.3 Å². The van der Waals surface area contributed by atoms with Gasteiger partial charge >= 0.3 is 0 Å². The van der Waals surface area contributed by atoms with Crippen LogP contribution in [-0.4, -0.2) is 62.9 Å². The lowest BCUT2D eigenvalue weighted by molar-refractivity contribution is -0.131. The minimum Gasteiger partial charge on any atom is -0.360 e. The molecule has 2 aromatic heterocycles. The van der Waals surface area contributed by atoms with Crippen LogP contribution < -0.4 is 10.2 Å². The lowest BCUT2D eigenvalue weighted by atomic mass is 10.3. The quantitative estimate of drug-likeness (QED) is 0.865. The van der Waals surface area contributed by atoms with E-state index < -0.39 is 0 Å².